The van der Waals surface area contributed by atoms with Crippen molar-refractivity contribution in [2.24, 2.45) is 11.8 Å². The molecule has 0 saturated heterocycles. The topological polar surface area (TPSA) is 114 Å². The van der Waals surface area contributed by atoms with Gasteiger partial charge in [0.25, 0.3) is 0 Å². The van der Waals surface area contributed by atoms with E-state index in [1.54, 1.807) is 30.3 Å². The minimum Gasteiger partial charge on any atom is -0.493 e. The third kappa shape index (κ3) is 6.04. The van der Waals surface area contributed by atoms with E-state index >= 15 is 0 Å². The molecule has 0 spiro atoms. The fourth-order valence-corrected chi connectivity index (χ4v) is 5.85. The van der Waals surface area contributed by atoms with Gasteiger partial charge in [0.1, 0.15) is 11.7 Å². The first-order valence-corrected chi connectivity index (χ1v) is 14.2. The lowest BCUT2D eigenvalue weighted by Crippen LogP contribution is -2.56. The Bertz CT molecular complexity index is 1510. The molecule has 3 aromatic carbocycles. The second-order valence-corrected chi connectivity index (χ2v) is 11.3. The molecule has 4 rings (SSSR count). The lowest BCUT2D eigenvalue weighted by molar-refractivity contribution is -0.150. The maximum atomic E-state index is 14.1. The summed E-state index contributed by atoms with van der Waals surface area (Å²) >= 11 is 0. The maximum Gasteiger partial charge on any atom is 0.235 e. The zero-order chi connectivity index (χ0) is 30.8. The highest BCUT2D eigenvalue weighted by atomic mass is 16.5. The predicted octanol–water partition coefficient (Wildman–Crippen LogP) is 5.64. The number of aliphatic hydroxyl groups is 1. The summed E-state index contributed by atoms with van der Waals surface area (Å²) in [7, 11) is 1.52. The Hall–Kier alpha value is -4.17. The van der Waals surface area contributed by atoms with E-state index in [-0.39, 0.29) is 6.42 Å². The molecule has 8 nitrogen and oxygen atoms in total. The first kappa shape index (κ1) is 30.8. The van der Waals surface area contributed by atoms with Crippen LogP contribution in [0.3, 0.4) is 0 Å². The molecule has 8 heteroatoms. The van der Waals surface area contributed by atoms with Crippen LogP contribution in [-0.4, -0.2) is 42.0 Å². The average Bonchev–Trinajstić information content (AvgIpc) is 2.93. The zero-order valence-corrected chi connectivity index (χ0v) is 25.3. The number of carbonyl (C=O) groups excluding carboxylic acids is 3. The van der Waals surface area contributed by atoms with Crippen LogP contribution in [0.2, 0.25) is 0 Å². The highest BCUT2D eigenvalue weighted by Crippen LogP contribution is 2.48. The number of ketones is 1. The normalized spacial score (nSPS) is 21.9. The van der Waals surface area contributed by atoms with Crippen molar-refractivity contribution in [3.05, 3.63) is 82.4 Å². The fourth-order valence-electron chi connectivity index (χ4n) is 5.85. The van der Waals surface area contributed by atoms with Gasteiger partial charge < -0.3 is 25.2 Å². The van der Waals surface area contributed by atoms with Crippen molar-refractivity contribution in [1.29, 1.82) is 0 Å². The van der Waals surface area contributed by atoms with Crippen molar-refractivity contribution in [1.82, 2.24) is 0 Å². The summed E-state index contributed by atoms with van der Waals surface area (Å²) < 4.78 is 11.3. The monoisotopic (exact) mass is 572 g/mol. The summed E-state index contributed by atoms with van der Waals surface area (Å²) in [6, 6.07) is 16.2. The highest BCUT2D eigenvalue weighted by molar-refractivity contribution is 6.10. The minimum atomic E-state index is -1.73. The smallest absolute Gasteiger partial charge is 0.235 e. The molecule has 42 heavy (non-hydrogen) atoms. The van der Waals surface area contributed by atoms with E-state index in [4.69, 9.17) is 9.47 Å². The maximum absolute atomic E-state index is 14.1. The molecule has 1 saturated carbocycles. The van der Waals surface area contributed by atoms with Gasteiger partial charge in [0.15, 0.2) is 11.5 Å². The molecule has 1 aliphatic carbocycles. The number of Topliss-reactive ketones (excluding diaryl/α,β-unsaturated/α-hetero) is 1. The second-order valence-electron chi connectivity index (χ2n) is 11.3. The lowest BCUT2D eigenvalue weighted by Gasteiger charge is -2.44. The van der Waals surface area contributed by atoms with E-state index in [1.807, 2.05) is 58.9 Å². The predicted molar refractivity (Wildman–Crippen MR) is 163 cm³/mol. The summed E-state index contributed by atoms with van der Waals surface area (Å²) in [5.41, 5.74) is 3.73. The number of nitrogens with one attached hydrogen (secondary N) is 2. The van der Waals surface area contributed by atoms with Gasteiger partial charge in [0.05, 0.1) is 25.2 Å². The third-order valence-corrected chi connectivity index (χ3v) is 8.43. The molecule has 1 fully saturated rings. The van der Waals surface area contributed by atoms with Crippen molar-refractivity contribution < 1.29 is 29.0 Å². The van der Waals surface area contributed by atoms with E-state index in [2.05, 4.69) is 10.6 Å². The summed E-state index contributed by atoms with van der Waals surface area (Å²) in [4.78, 5) is 41.8. The first-order chi connectivity index (χ1) is 19.9. The number of amides is 2. The van der Waals surface area contributed by atoms with Crippen LogP contribution >= 0.6 is 0 Å². The molecular weight excluding hydrogens is 532 g/mol. The van der Waals surface area contributed by atoms with Gasteiger partial charge in [-0.1, -0.05) is 30.3 Å². The number of hydrogen-bond acceptors (Lipinski definition) is 6. The molecule has 4 unspecified atom stereocenters. The van der Waals surface area contributed by atoms with Gasteiger partial charge in [-0.15, -0.1) is 0 Å². The van der Waals surface area contributed by atoms with E-state index < -0.39 is 41.0 Å². The molecule has 0 aromatic heterocycles. The van der Waals surface area contributed by atoms with Crippen molar-refractivity contribution in [3.8, 4) is 11.5 Å². The van der Waals surface area contributed by atoms with E-state index in [0.717, 1.165) is 22.3 Å². The van der Waals surface area contributed by atoms with Crippen LogP contribution < -0.4 is 20.1 Å². The lowest BCUT2D eigenvalue weighted by atomic mass is 9.61. The van der Waals surface area contributed by atoms with Gasteiger partial charge in [-0.2, -0.15) is 0 Å². The molecule has 0 radical (unpaired) electrons. The molecule has 222 valence electrons. The van der Waals surface area contributed by atoms with Crippen LogP contribution in [0.5, 0.6) is 11.5 Å². The highest BCUT2D eigenvalue weighted by Gasteiger charge is 2.56. The molecule has 1 aliphatic rings. The number of ether oxygens (including phenoxy) is 2. The fraction of sp³-hybridized carbons (Fsp3) is 0.382. The summed E-state index contributed by atoms with van der Waals surface area (Å²) in [6.07, 6.45) is -0.353. The van der Waals surface area contributed by atoms with Crippen molar-refractivity contribution in [2.75, 3.05) is 24.4 Å². The summed E-state index contributed by atoms with van der Waals surface area (Å²) in [6.45, 7) is 11.4. The average molecular weight is 573 g/mol. The number of anilines is 2. The Morgan fingerprint density at radius 1 is 0.905 bits per heavy atom. The molecule has 4 atom stereocenters. The van der Waals surface area contributed by atoms with Crippen LogP contribution in [0.1, 0.15) is 54.0 Å². The van der Waals surface area contributed by atoms with Gasteiger partial charge in [-0.25, -0.2) is 0 Å². The Labute approximate surface area is 247 Å². The first-order valence-electron chi connectivity index (χ1n) is 14.2. The van der Waals surface area contributed by atoms with Gasteiger partial charge in [0.2, 0.25) is 11.8 Å². The largest absolute Gasteiger partial charge is 0.493 e. The Balaban J connectivity index is 1.85. The SMILES string of the molecule is CCOc1cc(C2C(C(=O)Nc3cccc(C)c3C)C(=O)CC(C)(O)C2C(=O)Nc2cccc(C)c2C)ccc1OC. The quantitative estimate of drug-likeness (QED) is 0.301. The number of benzene rings is 3. The van der Waals surface area contributed by atoms with Gasteiger partial charge >= 0.3 is 0 Å². The van der Waals surface area contributed by atoms with Crippen LogP contribution in [-0.2, 0) is 14.4 Å². The summed E-state index contributed by atoms with van der Waals surface area (Å²) in [5, 5.41) is 17.6. The Morgan fingerprint density at radius 2 is 1.48 bits per heavy atom. The number of aryl methyl sites for hydroxylation is 2. The number of rotatable bonds is 8. The van der Waals surface area contributed by atoms with Crippen molar-refractivity contribution in [2.45, 2.75) is 59.5 Å². The van der Waals surface area contributed by atoms with Crippen LogP contribution in [0.15, 0.2) is 54.6 Å². The minimum absolute atomic E-state index is 0.353. The van der Waals surface area contributed by atoms with Gasteiger partial charge in [0, 0.05) is 23.7 Å². The number of methoxy groups -OCH3 is 1. The standard InChI is InChI=1S/C34H40N2O6/c1-8-42-28-17-23(15-16-27(28)41-7)29-30(32(38)35-24-13-9-11-19(2)21(24)4)26(37)18-34(6,40)31(29)33(39)36-25-14-10-12-20(3)22(25)5/h9-17,29-31,40H,8,18H2,1-7H3,(H,35,38)(H,36,39). The van der Waals surface area contributed by atoms with Crippen molar-refractivity contribution >= 4 is 29.0 Å². The molecule has 3 aromatic rings. The van der Waals surface area contributed by atoms with Crippen molar-refractivity contribution in [3.63, 3.8) is 0 Å². The van der Waals surface area contributed by atoms with Crippen LogP contribution in [0.4, 0.5) is 11.4 Å². The van der Waals surface area contributed by atoms with Crippen LogP contribution in [0, 0.1) is 39.5 Å². The number of carbonyl (C=O) groups is 3. The third-order valence-electron chi connectivity index (χ3n) is 8.43. The molecule has 0 aliphatic heterocycles. The molecule has 0 bridgehead atoms. The molecule has 2 amide bonds. The van der Waals surface area contributed by atoms with Gasteiger partial charge in [-0.05, 0) is 93.6 Å². The van der Waals surface area contributed by atoms with E-state index in [0.29, 0.717) is 35.0 Å². The van der Waals surface area contributed by atoms with Gasteiger partial charge in [-0.3, -0.25) is 14.4 Å². The van der Waals surface area contributed by atoms with E-state index in [9.17, 15) is 19.5 Å². The summed E-state index contributed by atoms with van der Waals surface area (Å²) in [5.74, 6) is -3.97. The number of hydrogen-bond donors (Lipinski definition) is 3. The molecular formula is C34H40N2O6. The zero-order valence-electron chi connectivity index (χ0n) is 25.3. The van der Waals surface area contributed by atoms with Crippen LogP contribution in [0.25, 0.3) is 0 Å². The molecule has 0 heterocycles. The Morgan fingerprint density at radius 3 is 2.02 bits per heavy atom. The second kappa shape index (κ2) is 12.4. The Kier molecular flexibility index (Phi) is 9.06. The molecule has 3 N–H and O–H groups in total. The van der Waals surface area contributed by atoms with E-state index in [1.165, 1.54) is 14.0 Å².